The molecule has 1 aromatic carbocycles. The topological polar surface area (TPSA) is 9.23 Å². The highest BCUT2D eigenvalue weighted by Crippen LogP contribution is 2.31. The summed E-state index contributed by atoms with van der Waals surface area (Å²) in [5.74, 6) is 0.795. The first-order valence-corrected chi connectivity index (χ1v) is 6.25. The van der Waals surface area contributed by atoms with E-state index in [1.807, 2.05) is 12.1 Å². The van der Waals surface area contributed by atoms with Crippen LogP contribution in [-0.4, -0.2) is 6.61 Å². The predicted octanol–water partition coefficient (Wildman–Crippen LogP) is 4.82. The van der Waals surface area contributed by atoms with Gasteiger partial charge in [-0.15, -0.1) is 0 Å². The van der Waals surface area contributed by atoms with Gasteiger partial charge in [0, 0.05) is 0 Å². The van der Waals surface area contributed by atoms with Crippen molar-refractivity contribution >= 4 is 11.6 Å². The molecular formula is C14H21ClO. The van der Waals surface area contributed by atoms with E-state index in [2.05, 4.69) is 33.8 Å². The second kappa shape index (κ2) is 5.58. The van der Waals surface area contributed by atoms with Gasteiger partial charge in [0.25, 0.3) is 0 Å². The van der Waals surface area contributed by atoms with Crippen molar-refractivity contribution in [3.63, 3.8) is 0 Å². The van der Waals surface area contributed by atoms with Crippen molar-refractivity contribution in [2.24, 2.45) is 0 Å². The van der Waals surface area contributed by atoms with Crippen LogP contribution < -0.4 is 4.74 Å². The van der Waals surface area contributed by atoms with Crippen molar-refractivity contribution in [1.82, 2.24) is 0 Å². The Kier molecular flexibility index (Phi) is 4.67. The standard InChI is InChI=1S/C14H21ClO/c1-5-6-9-16-13-8-7-11(10-12(13)15)14(2,3)4/h7-8,10H,5-6,9H2,1-4H3. The third-order valence-corrected chi connectivity index (χ3v) is 2.85. The summed E-state index contributed by atoms with van der Waals surface area (Å²) in [6.45, 7) is 9.42. The lowest BCUT2D eigenvalue weighted by molar-refractivity contribution is 0.309. The lowest BCUT2D eigenvalue weighted by Gasteiger charge is -2.20. The van der Waals surface area contributed by atoms with Gasteiger partial charge in [-0.05, 0) is 29.5 Å². The van der Waals surface area contributed by atoms with Gasteiger partial charge in [0.2, 0.25) is 0 Å². The molecule has 2 heteroatoms. The van der Waals surface area contributed by atoms with Gasteiger partial charge in [0.1, 0.15) is 5.75 Å². The first-order valence-electron chi connectivity index (χ1n) is 5.88. The molecular weight excluding hydrogens is 220 g/mol. The monoisotopic (exact) mass is 240 g/mol. The fourth-order valence-electron chi connectivity index (χ4n) is 1.41. The molecule has 1 rings (SSSR count). The van der Waals surface area contributed by atoms with E-state index < -0.39 is 0 Å². The SMILES string of the molecule is CCCCOc1ccc(C(C)(C)C)cc1Cl. The summed E-state index contributed by atoms with van der Waals surface area (Å²) in [5.41, 5.74) is 1.37. The molecule has 0 saturated carbocycles. The summed E-state index contributed by atoms with van der Waals surface area (Å²) in [5, 5.41) is 0.712. The van der Waals surface area contributed by atoms with Gasteiger partial charge in [0.05, 0.1) is 11.6 Å². The number of hydrogen-bond acceptors (Lipinski definition) is 1. The molecule has 1 aromatic rings. The maximum Gasteiger partial charge on any atom is 0.137 e. The summed E-state index contributed by atoms with van der Waals surface area (Å²) < 4.78 is 5.61. The van der Waals surface area contributed by atoms with Crippen LogP contribution >= 0.6 is 11.6 Å². The Balaban J connectivity index is 2.76. The first-order chi connectivity index (χ1) is 7.45. The van der Waals surface area contributed by atoms with E-state index in [0.29, 0.717) is 5.02 Å². The third-order valence-electron chi connectivity index (χ3n) is 2.55. The molecule has 0 heterocycles. The maximum absolute atomic E-state index is 6.19. The predicted molar refractivity (Wildman–Crippen MR) is 70.6 cm³/mol. The van der Waals surface area contributed by atoms with Crippen LogP contribution in [0, 0.1) is 0 Å². The molecule has 0 amide bonds. The van der Waals surface area contributed by atoms with Crippen LogP contribution in [0.5, 0.6) is 5.75 Å². The Bertz CT molecular complexity index is 339. The minimum atomic E-state index is 0.131. The number of halogens is 1. The van der Waals surface area contributed by atoms with Gasteiger partial charge in [-0.2, -0.15) is 0 Å². The Labute approximate surface area is 104 Å². The van der Waals surface area contributed by atoms with E-state index in [4.69, 9.17) is 16.3 Å². The van der Waals surface area contributed by atoms with Gasteiger partial charge >= 0.3 is 0 Å². The Morgan fingerprint density at radius 2 is 1.94 bits per heavy atom. The molecule has 0 fully saturated rings. The number of hydrogen-bond donors (Lipinski definition) is 0. The molecule has 0 bridgehead atoms. The zero-order valence-corrected chi connectivity index (χ0v) is 11.4. The van der Waals surface area contributed by atoms with E-state index in [1.54, 1.807) is 0 Å². The number of unbranched alkanes of at least 4 members (excludes halogenated alkanes) is 1. The highest BCUT2D eigenvalue weighted by Gasteiger charge is 2.15. The van der Waals surface area contributed by atoms with E-state index in [9.17, 15) is 0 Å². The molecule has 0 spiro atoms. The molecule has 0 aromatic heterocycles. The minimum Gasteiger partial charge on any atom is -0.492 e. The van der Waals surface area contributed by atoms with Crippen LogP contribution in [0.3, 0.4) is 0 Å². The first kappa shape index (κ1) is 13.4. The smallest absolute Gasteiger partial charge is 0.137 e. The Hall–Kier alpha value is -0.690. The molecule has 90 valence electrons. The fourth-order valence-corrected chi connectivity index (χ4v) is 1.65. The molecule has 0 radical (unpaired) electrons. The lowest BCUT2D eigenvalue weighted by atomic mass is 9.87. The normalized spacial score (nSPS) is 11.6. The van der Waals surface area contributed by atoms with Crippen LogP contribution in [-0.2, 0) is 5.41 Å². The van der Waals surface area contributed by atoms with Crippen molar-refractivity contribution in [2.45, 2.75) is 46.0 Å². The van der Waals surface area contributed by atoms with Gasteiger partial charge in [-0.1, -0.05) is 51.8 Å². The van der Waals surface area contributed by atoms with Gasteiger partial charge in [-0.3, -0.25) is 0 Å². The Morgan fingerprint density at radius 3 is 2.44 bits per heavy atom. The van der Waals surface area contributed by atoms with Gasteiger partial charge in [-0.25, -0.2) is 0 Å². The molecule has 0 unspecified atom stereocenters. The van der Waals surface area contributed by atoms with Crippen molar-refractivity contribution in [3.8, 4) is 5.75 Å². The van der Waals surface area contributed by atoms with Gasteiger partial charge in [0.15, 0.2) is 0 Å². The van der Waals surface area contributed by atoms with Crippen LogP contribution in [0.4, 0.5) is 0 Å². The zero-order valence-electron chi connectivity index (χ0n) is 10.6. The van der Waals surface area contributed by atoms with E-state index in [1.165, 1.54) is 5.56 Å². The van der Waals surface area contributed by atoms with Crippen molar-refractivity contribution < 1.29 is 4.74 Å². The molecule has 0 aliphatic carbocycles. The van der Waals surface area contributed by atoms with E-state index in [-0.39, 0.29) is 5.41 Å². The van der Waals surface area contributed by atoms with E-state index in [0.717, 1.165) is 25.2 Å². The Morgan fingerprint density at radius 1 is 1.25 bits per heavy atom. The molecule has 0 saturated heterocycles. The number of rotatable bonds is 4. The molecule has 16 heavy (non-hydrogen) atoms. The largest absolute Gasteiger partial charge is 0.492 e. The zero-order chi connectivity index (χ0) is 12.2. The minimum absolute atomic E-state index is 0.131. The number of benzene rings is 1. The summed E-state index contributed by atoms with van der Waals surface area (Å²) in [6.07, 6.45) is 2.20. The van der Waals surface area contributed by atoms with Crippen molar-refractivity contribution in [1.29, 1.82) is 0 Å². The van der Waals surface area contributed by atoms with Crippen LogP contribution in [0.1, 0.15) is 46.1 Å². The quantitative estimate of drug-likeness (QED) is 0.686. The average Bonchev–Trinajstić information content (AvgIpc) is 2.19. The molecule has 0 atom stereocenters. The van der Waals surface area contributed by atoms with Gasteiger partial charge < -0.3 is 4.74 Å². The third kappa shape index (κ3) is 3.71. The molecule has 0 N–H and O–H groups in total. The average molecular weight is 241 g/mol. The van der Waals surface area contributed by atoms with Crippen molar-refractivity contribution in [3.05, 3.63) is 28.8 Å². The van der Waals surface area contributed by atoms with Crippen molar-refractivity contribution in [2.75, 3.05) is 6.61 Å². The van der Waals surface area contributed by atoms with E-state index >= 15 is 0 Å². The maximum atomic E-state index is 6.19. The highest BCUT2D eigenvalue weighted by molar-refractivity contribution is 6.32. The lowest BCUT2D eigenvalue weighted by Crippen LogP contribution is -2.11. The van der Waals surface area contributed by atoms with Crippen LogP contribution in [0.15, 0.2) is 18.2 Å². The molecule has 0 aliphatic heterocycles. The summed E-state index contributed by atoms with van der Waals surface area (Å²) in [6, 6.07) is 6.06. The second-order valence-corrected chi connectivity index (χ2v) is 5.50. The number of ether oxygens (including phenoxy) is 1. The molecule has 0 aliphatic rings. The fraction of sp³-hybridized carbons (Fsp3) is 0.571. The summed E-state index contributed by atoms with van der Waals surface area (Å²) in [7, 11) is 0. The van der Waals surface area contributed by atoms with Crippen LogP contribution in [0.2, 0.25) is 5.02 Å². The summed E-state index contributed by atoms with van der Waals surface area (Å²) in [4.78, 5) is 0. The highest BCUT2D eigenvalue weighted by atomic mass is 35.5. The molecule has 1 nitrogen and oxygen atoms in total. The van der Waals surface area contributed by atoms with Crippen LogP contribution in [0.25, 0.3) is 0 Å². The summed E-state index contributed by atoms with van der Waals surface area (Å²) >= 11 is 6.19. The second-order valence-electron chi connectivity index (χ2n) is 5.10.